The molecule has 1 aliphatic rings. The van der Waals surface area contributed by atoms with Crippen molar-refractivity contribution in [3.63, 3.8) is 0 Å². The van der Waals surface area contributed by atoms with Crippen LogP contribution in [0, 0.1) is 0 Å². The minimum absolute atomic E-state index is 0.130. The highest BCUT2D eigenvalue weighted by Gasteiger charge is 2.32. The summed E-state index contributed by atoms with van der Waals surface area (Å²) in [6.07, 6.45) is 1.79. The first-order chi connectivity index (χ1) is 13.2. The second-order valence-electron chi connectivity index (χ2n) is 7.06. The number of sulfonamides is 1. The predicted octanol–water partition coefficient (Wildman–Crippen LogP) is 1.86. The van der Waals surface area contributed by atoms with Crippen LogP contribution < -0.4 is 5.32 Å². The molecule has 28 heavy (non-hydrogen) atoms. The van der Waals surface area contributed by atoms with Crippen molar-refractivity contribution in [2.75, 3.05) is 19.6 Å². The topological polar surface area (TPSA) is 113 Å². The molecule has 0 saturated carbocycles. The van der Waals surface area contributed by atoms with Crippen molar-refractivity contribution in [3.05, 3.63) is 29.8 Å². The van der Waals surface area contributed by atoms with E-state index in [0.29, 0.717) is 38.0 Å². The highest BCUT2D eigenvalue weighted by atomic mass is 32.2. The fraction of sp³-hybridized carbons (Fsp3) is 0.579. The Morgan fingerprint density at radius 1 is 1.11 bits per heavy atom. The maximum atomic E-state index is 12.8. The molecule has 0 unspecified atom stereocenters. The van der Waals surface area contributed by atoms with Crippen molar-refractivity contribution in [3.8, 4) is 0 Å². The molecule has 1 saturated heterocycles. The van der Waals surface area contributed by atoms with E-state index in [4.69, 9.17) is 9.84 Å². The van der Waals surface area contributed by atoms with Gasteiger partial charge in [0, 0.05) is 31.6 Å². The molecule has 0 bridgehead atoms. The quantitative estimate of drug-likeness (QED) is 0.599. The molecule has 1 fully saturated rings. The van der Waals surface area contributed by atoms with Crippen LogP contribution in [0.2, 0.25) is 0 Å². The Balaban J connectivity index is 1.89. The Morgan fingerprint density at radius 3 is 2.29 bits per heavy atom. The number of benzene rings is 1. The lowest BCUT2D eigenvalue weighted by atomic mass is 10.2. The maximum Gasteiger partial charge on any atom is 0.303 e. The molecule has 0 aromatic heterocycles. The molecule has 156 valence electrons. The highest BCUT2D eigenvalue weighted by molar-refractivity contribution is 7.89. The van der Waals surface area contributed by atoms with Crippen LogP contribution >= 0.6 is 0 Å². The number of amides is 1. The molecule has 0 radical (unpaired) electrons. The Kier molecular flexibility index (Phi) is 7.97. The van der Waals surface area contributed by atoms with Crippen molar-refractivity contribution in [2.45, 2.75) is 56.6 Å². The third kappa shape index (κ3) is 6.29. The van der Waals surface area contributed by atoms with Gasteiger partial charge in [-0.1, -0.05) is 6.42 Å². The number of hydrogen-bond donors (Lipinski definition) is 2. The monoisotopic (exact) mass is 412 g/mol. The van der Waals surface area contributed by atoms with Crippen LogP contribution in [-0.2, 0) is 19.6 Å². The van der Waals surface area contributed by atoms with Crippen molar-refractivity contribution in [1.82, 2.24) is 9.62 Å². The Hall–Kier alpha value is -1.97. The Labute approximate surface area is 165 Å². The number of nitrogens with zero attached hydrogens (tertiary/aromatic N) is 1. The number of carbonyl (C=O) groups excluding carboxylic acids is 1. The van der Waals surface area contributed by atoms with Gasteiger partial charge in [-0.05, 0) is 51.0 Å². The molecule has 2 N–H and O–H groups in total. The number of hydrogen-bond acceptors (Lipinski definition) is 5. The van der Waals surface area contributed by atoms with Crippen LogP contribution in [0.5, 0.6) is 0 Å². The van der Waals surface area contributed by atoms with Crippen molar-refractivity contribution >= 4 is 21.9 Å². The zero-order valence-electron chi connectivity index (χ0n) is 16.3. The van der Waals surface area contributed by atoms with Gasteiger partial charge in [0.05, 0.1) is 17.1 Å². The fourth-order valence-electron chi connectivity index (χ4n) is 3.14. The molecule has 8 nitrogen and oxygen atoms in total. The summed E-state index contributed by atoms with van der Waals surface area (Å²) in [5.41, 5.74) is 0.383. The van der Waals surface area contributed by atoms with E-state index in [1.54, 1.807) is 0 Å². The van der Waals surface area contributed by atoms with Gasteiger partial charge >= 0.3 is 5.97 Å². The van der Waals surface area contributed by atoms with Gasteiger partial charge < -0.3 is 15.2 Å². The number of unbranched alkanes of at least 4 members (excludes halogenated alkanes) is 2. The summed E-state index contributed by atoms with van der Waals surface area (Å²) in [7, 11) is -3.63. The number of carbonyl (C=O) groups is 2. The van der Waals surface area contributed by atoms with Gasteiger partial charge in [-0.2, -0.15) is 4.31 Å². The largest absolute Gasteiger partial charge is 0.481 e. The van der Waals surface area contributed by atoms with E-state index in [0.717, 1.165) is 6.42 Å². The van der Waals surface area contributed by atoms with Gasteiger partial charge in [0.25, 0.3) is 5.91 Å². The Bertz CT molecular complexity index is 768. The summed E-state index contributed by atoms with van der Waals surface area (Å²) in [6, 6.07) is 5.89. The Morgan fingerprint density at radius 2 is 1.71 bits per heavy atom. The summed E-state index contributed by atoms with van der Waals surface area (Å²) in [6.45, 7) is 4.73. The van der Waals surface area contributed by atoms with Crippen molar-refractivity contribution in [2.24, 2.45) is 0 Å². The van der Waals surface area contributed by atoms with Gasteiger partial charge in [0.2, 0.25) is 10.0 Å². The fourth-order valence-corrected chi connectivity index (χ4v) is 4.73. The van der Waals surface area contributed by atoms with Crippen LogP contribution in [0.4, 0.5) is 0 Å². The molecule has 1 heterocycles. The van der Waals surface area contributed by atoms with E-state index in [1.807, 2.05) is 13.8 Å². The molecule has 0 spiro atoms. The van der Waals surface area contributed by atoms with E-state index in [2.05, 4.69) is 5.32 Å². The van der Waals surface area contributed by atoms with E-state index in [9.17, 15) is 18.0 Å². The van der Waals surface area contributed by atoms with Gasteiger partial charge in [-0.25, -0.2) is 8.42 Å². The average molecular weight is 413 g/mol. The first-order valence-corrected chi connectivity index (χ1v) is 10.9. The molecule has 2 rings (SSSR count). The smallest absolute Gasteiger partial charge is 0.303 e. The number of carboxylic acid groups (broad SMARTS) is 1. The number of morpholine rings is 1. The number of nitrogens with one attached hydrogen (secondary N) is 1. The summed E-state index contributed by atoms with van der Waals surface area (Å²) in [5.74, 6) is -1.10. The minimum Gasteiger partial charge on any atom is -0.481 e. The van der Waals surface area contributed by atoms with E-state index >= 15 is 0 Å². The molecule has 1 aliphatic heterocycles. The van der Waals surface area contributed by atoms with Crippen LogP contribution in [0.25, 0.3) is 0 Å². The summed E-state index contributed by atoms with van der Waals surface area (Å²) in [5, 5.41) is 11.3. The van der Waals surface area contributed by atoms with Crippen LogP contribution in [0.1, 0.15) is 49.9 Å². The molecular formula is C19H28N2O6S. The van der Waals surface area contributed by atoms with Crippen LogP contribution in [0.15, 0.2) is 29.2 Å². The third-order valence-corrected chi connectivity index (χ3v) is 6.34. The molecule has 9 heteroatoms. The first kappa shape index (κ1) is 22.3. The number of carboxylic acids is 1. The maximum absolute atomic E-state index is 12.8. The van der Waals surface area contributed by atoms with E-state index < -0.39 is 16.0 Å². The normalized spacial score (nSPS) is 20.6. The second-order valence-corrected chi connectivity index (χ2v) is 9.00. The standard InChI is InChI=1S/C19H28N2O6S/c1-14-12-21(13-15(2)27-14)28(25,26)17-9-7-16(8-10-17)19(24)20-11-5-3-4-6-18(22)23/h7-10,14-15H,3-6,11-13H2,1-2H3,(H,20,24)(H,22,23)/t14-,15+. The minimum atomic E-state index is -3.63. The summed E-state index contributed by atoms with van der Waals surface area (Å²) in [4.78, 5) is 22.7. The molecule has 1 aromatic rings. The van der Waals surface area contributed by atoms with E-state index in [-0.39, 0.29) is 29.4 Å². The molecule has 0 aliphatic carbocycles. The average Bonchev–Trinajstić information content (AvgIpc) is 2.63. The van der Waals surface area contributed by atoms with Gasteiger partial charge in [-0.15, -0.1) is 0 Å². The molecule has 1 amide bonds. The molecule has 2 atom stereocenters. The first-order valence-electron chi connectivity index (χ1n) is 9.46. The lowest BCUT2D eigenvalue weighted by Gasteiger charge is -2.34. The van der Waals surface area contributed by atoms with Gasteiger partial charge in [0.1, 0.15) is 0 Å². The second kappa shape index (κ2) is 9.99. The predicted molar refractivity (Wildman–Crippen MR) is 104 cm³/mol. The lowest BCUT2D eigenvalue weighted by Crippen LogP contribution is -2.48. The van der Waals surface area contributed by atoms with Crippen molar-refractivity contribution < 1.29 is 27.9 Å². The zero-order chi connectivity index (χ0) is 20.7. The zero-order valence-corrected chi connectivity index (χ0v) is 17.1. The molecular weight excluding hydrogens is 384 g/mol. The molecule has 1 aromatic carbocycles. The summed E-state index contributed by atoms with van der Waals surface area (Å²) >= 11 is 0. The number of rotatable bonds is 9. The highest BCUT2D eigenvalue weighted by Crippen LogP contribution is 2.21. The number of aliphatic carboxylic acids is 1. The van der Waals surface area contributed by atoms with Gasteiger partial charge in [-0.3, -0.25) is 9.59 Å². The van der Waals surface area contributed by atoms with Gasteiger partial charge in [0.15, 0.2) is 0 Å². The van der Waals surface area contributed by atoms with Crippen LogP contribution in [0.3, 0.4) is 0 Å². The SMILES string of the molecule is C[C@@H]1CN(S(=O)(=O)c2ccc(C(=O)NCCCCCC(=O)O)cc2)C[C@H](C)O1. The lowest BCUT2D eigenvalue weighted by molar-refractivity contribution is -0.137. The summed E-state index contributed by atoms with van der Waals surface area (Å²) < 4.78 is 32.6. The van der Waals surface area contributed by atoms with Crippen molar-refractivity contribution in [1.29, 1.82) is 0 Å². The van der Waals surface area contributed by atoms with E-state index in [1.165, 1.54) is 28.6 Å². The number of ether oxygens (including phenoxy) is 1. The third-order valence-electron chi connectivity index (χ3n) is 4.49. The van der Waals surface area contributed by atoms with Crippen LogP contribution in [-0.4, -0.2) is 61.5 Å².